The van der Waals surface area contributed by atoms with Gasteiger partial charge in [-0.2, -0.15) is 13.3 Å². The van der Waals surface area contributed by atoms with Crippen molar-refractivity contribution >= 4 is 8.41 Å². The molecule has 0 bridgehead atoms. The van der Waals surface area contributed by atoms with Crippen molar-refractivity contribution in [3.8, 4) is 0 Å². The molecule has 0 N–H and O–H groups in total. The SMILES string of the molecule is C[CH-]CC.[BH4-].[Zn+2]. The number of hydrogen-bond donors (Lipinski definition) is 0. The van der Waals surface area contributed by atoms with Gasteiger partial charge in [0.15, 0.2) is 0 Å². The Balaban J connectivity index is -0.0000000450. The van der Waals surface area contributed by atoms with Crippen LogP contribution in [0.5, 0.6) is 0 Å². The van der Waals surface area contributed by atoms with Crippen molar-refractivity contribution in [2.24, 2.45) is 0 Å². The molecule has 0 fully saturated rings. The van der Waals surface area contributed by atoms with Crippen molar-refractivity contribution in [1.29, 1.82) is 0 Å². The Morgan fingerprint density at radius 3 is 1.67 bits per heavy atom. The fraction of sp³-hybridized carbons (Fsp3) is 0.750. The Labute approximate surface area is 55.0 Å². The van der Waals surface area contributed by atoms with E-state index in [2.05, 4.69) is 20.3 Å². The zero-order chi connectivity index (χ0) is 3.41. The monoisotopic (exact) mass is 136 g/mol. The predicted octanol–water partition coefficient (Wildman–Crippen LogP) is 0.166. The first-order chi connectivity index (χ1) is 1.91. The average Bonchev–Trinajstić information content (AvgIpc) is 1.37. The molecule has 0 heterocycles. The molecule has 0 aromatic rings. The van der Waals surface area contributed by atoms with Gasteiger partial charge >= 0.3 is 19.5 Å². The Morgan fingerprint density at radius 2 is 1.67 bits per heavy atom. The fourth-order valence-corrected chi connectivity index (χ4v) is 0. The van der Waals surface area contributed by atoms with Gasteiger partial charge in [0.25, 0.3) is 0 Å². The summed E-state index contributed by atoms with van der Waals surface area (Å²) in [5.74, 6) is 0. The third-order valence-electron chi connectivity index (χ3n) is 0.408. The first-order valence-corrected chi connectivity index (χ1v) is 1.69. The van der Waals surface area contributed by atoms with Crippen LogP contribution < -0.4 is 0 Å². The van der Waals surface area contributed by atoms with Crippen molar-refractivity contribution in [2.75, 3.05) is 0 Å². The van der Waals surface area contributed by atoms with Gasteiger partial charge in [0, 0.05) is 0 Å². The van der Waals surface area contributed by atoms with E-state index in [9.17, 15) is 0 Å². The summed E-state index contributed by atoms with van der Waals surface area (Å²) < 4.78 is 0. The molecule has 0 aliphatic rings. The van der Waals surface area contributed by atoms with Crippen LogP contribution >= 0.6 is 0 Å². The molecular formula is C4H13BZn. The van der Waals surface area contributed by atoms with Gasteiger partial charge in [-0.25, -0.2) is 0 Å². The van der Waals surface area contributed by atoms with E-state index < -0.39 is 0 Å². The van der Waals surface area contributed by atoms with Gasteiger partial charge in [0.1, 0.15) is 0 Å². The van der Waals surface area contributed by atoms with Crippen LogP contribution in [0.1, 0.15) is 20.3 Å². The maximum Gasteiger partial charge on any atom is 2.00 e. The Morgan fingerprint density at radius 1 is 1.50 bits per heavy atom. The van der Waals surface area contributed by atoms with E-state index in [1.54, 1.807) is 0 Å². The summed E-state index contributed by atoms with van der Waals surface area (Å²) in [6.07, 6.45) is 3.32. The van der Waals surface area contributed by atoms with E-state index in [0.717, 1.165) is 0 Å². The Bertz CT molecular complexity index is 9.51. The van der Waals surface area contributed by atoms with Crippen LogP contribution in [0, 0.1) is 6.42 Å². The Kier molecular flexibility index (Phi) is 45.9. The van der Waals surface area contributed by atoms with Crippen LogP contribution in [0.25, 0.3) is 0 Å². The van der Waals surface area contributed by atoms with E-state index >= 15 is 0 Å². The smallest absolute Gasteiger partial charge is 0.332 e. The molecule has 0 atom stereocenters. The third kappa shape index (κ3) is 22.4. The Hall–Kier alpha value is 0.688. The molecule has 0 unspecified atom stereocenters. The van der Waals surface area contributed by atoms with E-state index in [1.807, 2.05) is 0 Å². The van der Waals surface area contributed by atoms with Gasteiger partial charge < -0.3 is 6.42 Å². The van der Waals surface area contributed by atoms with Crippen LogP contribution in [-0.4, -0.2) is 8.41 Å². The second-order valence-electron chi connectivity index (χ2n) is 0.816. The summed E-state index contributed by atoms with van der Waals surface area (Å²) in [4.78, 5) is 0. The van der Waals surface area contributed by atoms with Crippen LogP contribution in [-0.2, 0) is 19.5 Å². The quantitative estimate of drug-likeness (QED) is 0.357. The molecule has 0 aromatic heterocycles. The fourth-order valence-electron chi connectivity index (χ4n) is 0. The first-order valence-electron chi connectivity index (χ1n) is 1.69. The molecule has 0 aromatic carbocycles. The maximum atomic E-state index is 2.12. The standard InChI is InChI=1S/C4H9.BH4.Zn/c1-3-4-2;;/h3H,4H2,1-2H3;1H4;/q2*-1;+2. The molecule has 0 amide bonds. The molecule has 0 rings (SSSR count). The molecule has 0 aliphatic carbocycles. The first kappa shape index (κ1) is 15.9. The van der Waals surface area contributed by atoms with Crippen molar-refractivity contribution in [2.45, 2.75) is 20.3 Å². The summed E-state index contributed by atoms with van der Waals surface area (Å²) in [5.41, 5.74) is 0. The molecule has 0 aliphatic heterocycles. The summed E-state index contributed by atoms with van der Waals surface area (Å²) in [6.45, 7) is 4.18. The van der Waals surface area contributed by atoms with Crippen LogP contribution in [0.2, 0.25) is 0 Å². The summed E-state index contributed by atoms with van der Waals surface area (Å²) >= 11 is 0. The predicted molar refractivity (Wildman–Crippen MR) is 31.6 cm³/mol. The second kappa shape index (κ2) is 17.3. The molecule has 6 heavy (non-hydrogen) atoms. The molecule has 0 saturated heterocycles. The molecule has 0 saturated carbocycles. The zero-order valence-corrected chi connectivity index (χ0v) is 6.96. The number of hydrogen-bond acceptors (Lipinski definition) is 0. The molecule has 0 nitrogen and oxygen atoms in total. The van der Waals surface area contributed by atoms with Gasteiger partial charge in [-0.1, -0.05) is 15.3 Å². The summed E-state index contributed by atoms with van der Waals surface area (Å²) in [6, 6.07) is 0. The minimum atomic E-state index is 0. The number of rotatable bonds is 1. The van der Waals surface area contributed by atoms with E-state index in [1.165, 1.54) is 6.42 Å². The summed E-state index contributed by atoms with van der Waals surface area (Å²) in [5, 5.41) is 0. The average molecular weight is 137 g/mol. The number of unbranched alkanes of at least 4 members (excludes halogenated alkanes) is 1. The molecule has 34 valence electrons. The topological polar surface area (TPSA) is 0 Å². The summed E-state index contributed by atoms with van der Waals surface area (Å²) in [7, 11) is 0. The van der Waals surface area contributed by atoms with Gasteiger partial charge in [-0.05, 0) is 0 Å². The van der Waals surface area contributed by atoms with Crippen molar-refractivity contribution in [3.63, 3.8) is 0 Å². The van der Waals surface area contributed by atoms with E-state index in [0.29, 0.717) is 0 Å². The van der Waals surface area contributed by atoms with Crippen LogP contribution in [0.15, 0.2) is 0 Å². The van der Waals surface area contributed by atoms with E-state index in [4.69, 9.17) is 0 Å². The van der Waals surface area contributed by atoms with E-state index in [-0.39, 0.29) is 27.9 Å². The minimum Gasteiger partial charge on any atom is -0.332 e. The molecule has 2 heteroatoms. The van der Waals surface area contributed by atoms with Crippen molar-refractivity contribution in [1.82, 2.24) is 0 Å². The molecule has 0 radical (unpaired) electrons. The largest absolute Gasteiger partial charge is 2.00 e. The van der Waals surface area contributed by atoms with Crippen LogP contribution in [0.4, 0.5) is 0 Å². The van der Waals surface area contributed by atoms with Gasteiger partial charge in [-0.3, -0.25) is 0 Å². The molecule has 0 spiro atoms. The van der Waals surface area contributed by atoms with Gasteiger partial charge in [0.05, 0.1) is 0 Å². The van der Waals surface area contributed by atoms with Crippen molar-refractivity contribution < 1.29 is 19.5 Å². The van der Waals surface area contributed by atoms with Gasteiger partial charge in [0.2, 0.25) is 0 Å². The normalized spacial score (nSPS) is 5.00. The molecular weight excluding hydrogens is 124 g/mol. The minimum absolute atomic E-state index is 0. The maximum absolute atomic E-state index is 2.12. The van der Waals surface area contributed by atoms with Crippen LogP contribution in [0.3, 0.4) is 0 Å². The zero-order valence-electron chi connectivity index (χ0n) is 3.99. The van der Waals surface area contributed by atoms with Gasteiger partial charge in [-0.15, -0.1) is 0 Å². The second-order valence-corrected chi connectivity index (χ2v) is 0.816. The van der Waals surface area contributed by atoms with Crippen molar-refractivity contribution in [3.05, 3.63) is 6.42 Å². The third-order valence-corrected chi connectivity index (χ3v) is 0.408.